The lowest BCUT2D eigenvalue weighted by Gasteiger charge is -2.39. The topological polar surface area (TPSA) is 49.6 Å². The van der Waals surface area contributed by atoms with E-state index in [2.05, 4.69) is 17.9 Å². The molecule has 22 heavy (non-hydrogen) atoms. The molecule has 1 aromatic rings. The predicted octanol–water partition coefficient (Wildman–Crippen LogP) is 2.53. The van der Waals surface area contributed by atoms with Crippen LogP contribution in [0.15, 0.2) is 24.3 Å². The van der Waals surface area contributed by atoms with E-state index >= 15 is 0 Å². The third kappa shape index (κ3) is 3.80. The lowest BCUT2D eigenvalue weighted by molar-refractivity contribution is -0.135. The molecular weight excluding hydrogens is 298 g/mol. The molecule has 0 bridgehead atoms. The molecule has 122 valence electrons. The maximum atomic E-state index is 12.3. The normalized spacial score (nSPS) is 19.3. The van der Waals surface area contributed by atoms with Crippen LogP contribution in [0.5, 0.6) is 0 Å². The molecule has 4 nitrogen and oxygen atoms in total. The van der Waals surface area contributed by atoms with Crippen LogP contribution in [-0.2, 0) is 4.79 Å². The quantitative estimate of drug-likeness (QED) is 0.926. The summed E-state index contributed by atoms with van der Waals surface area (Å²) < 4.78 is 0. The van der Waals surface area contributed by atoms with Crippen molar-refractivity contribution in [3.63, 3.8) is 0 Å². The van der Waals surface area contributed by atoms with Crippen LogP contribution in [0.4, 0.5) is 0 Å². The Bertz CT molecular complexity index is 512. The Morgan fingerprint density at radius 1 is 1.14 bits per heavy atom. The Hall–Kier alpha value is -1.10. The summed E-state index contributed by atoms with van der Waals surface area (Å²) in [6, 6.07) is 7.81. The first-order chi connectivity index (χ1) is 10.4. The van der Waals surface area contributed by atoms with E-state index in [-0.39, 0.29) is 17.9 Å². The number of benzene rings is 1. The molecule has 1 unspecified atom stereocenters. The van der Waals surface area contributed by atoms with Crippen molar-refractivity contribution < 1.29 is 4.79 Å². The number of hydrogen-bond donors (Lipinski definition) is 1. The molecule has 2 atom stereocenters. The molecule has 1 heterocycles. The van der Waals surface area contributed by atoms with E-state index in [4.69, 9.17) is 17.3 Å². The van der Waals surface area contributed by atoms with Crippen molar-refractivity contribution in [3.05, 3.63) is 34.9 Å². The molecule has 0 aliphatic carbocycles. The van der Waals surface area contributed by atoms with Crippen molar-refractivity contribution in [2.75, 3.05) is 26.2 Å². The second-order valence-electron chi connectivity index (χ2n) is 6.33. The van der Waals surface area contributed by atoms with Crippen LogP contribution >= 0.6 is 11.6 Å². The Morgan fingerprint density at radius 2 is 1.73 bits per heavy atom. The van der Waals surface area contributed by atoms with Crippen LogP contribution in [0.25, 0.3) is 0 Å². The van der Waals surface area contributed by atoms with Crippen LogP contribution < -0.4 is 5.73 Å². The minimum atomic E-state index is -0.396. The van der Waals surface area contributed by atoms with Crippen molar-refractivity contribution in [2.24, 2.45) is 11.7 Å². The molecule has 0 saturated carbocycles. The number of carbonyl (C=O) groups excluding carboxylic acids is 1. The van der Waals surface area contributed by atoms with Gasteiger partial charge in [-0.05, 0) is 24.5 Å². The van der Waals surface area contributed by atoms with Crippen molar-refractivity contribution in [1.29, 1.82) is 0 Å². The average Bonchev–Trinajstić information content (AvgIpc) is 2.53. The van der Waals surface area contributed by atoms with Crippen molar-refractivity contribution in [3.8, 4) is 0 Å². The molecule has 1 amide bonds. The van der Waals surface area contributed by atoms with Crippen molar-refractivity contribution in [2.45, 2.75) is 32.9 Å². The largest absolute Gasteiger partial charge is 0.339 e. The van der Waals surface area contributed by atoms with Crippen LogP contribution in [0.3, 0.4) is 0 Å². The molecule has 0 spiro atoms. The van der Waals surface area contributed by atoms with E-state index in [1.165, 1.54) is 0 Å². The highest BCUT2D eigenvalue weighted by Crippen LogP contribution is 2.27. The number of hydrogen-bond acceptors (Lipinski definition) is 3. The maximum Gasteiger partial charge on any atom is 0.239 e. The van der Waals surface area contributed by atoms with Gasteiger partial charge in [-0.1, -0.05) is 43.6 Å². The van der Waals surface area contributed by atoms with Crippen LogP contribution in [-0.4, -0.2) is 47.9 Å². The van der Waals surface area contributed by atoms with Gasteiger partial charge in [-0.2, -0.15) is 0 Å². The molecule has 1 aliphatic rings. The Kier molecular flexibility index (Phi) is 5.84. The number of halogens is 1. The summed E-state index contributed by atoms with van der Waals surface area (Å²) in [5.41, 5.74) is 7.12. The zero-order chi connectivity index (χ0) is 16.3. The minimum Gasteiger partial charge on any atom is -0.339 e. The van der Waals surface area contributed by atoms with Crippen LogP contribution in [0, 0.1) is 5.92 Å². The molecule has 1 aromatic carbocycles. The molecule has 2 rings (SSSR count). The van der Waals surface area contributed by atoms with Crippen LogP contribution in [0.1, 0.15) is 32.4 Å². The first kappa shape index (κ1) is 17.3. The summed E-state index contributed by atoms with van der Waals surface area (Å²) >= 11 is 6.29. The molecule has 0 aromatic heterocycles. The van der Waals surface area contributed by atoms with Crippen molar-refractivity contribution >= 4 is 17.5 Å². The van der Waals surface area contributed by atoms with Gasteiger partial charge >= 0.3 is 0 Å². The number of rotatable bonds is 4. The predicted molar refractivity (Wildman–Crippen MR) is 90.8 cm³/mol. The number of nitrogens with zero attached hydrogens (tertiary/aromatic N) is 2. The maximum absolute atomic E-state index is 12.3. The zero-order valence-electron chi connectivity index (χ0n) is 13.6. The van der Waals surface area contributed by atoms with E-state index in [1.807, 2.05) is 36.9 Å². The Labute approximate surface area is 138 Å². The molecule has 1 aliphatic heterocycles. The van der Waals surface area contributed by atoms with E-state index in [0.29, 0.717) is 0 Å². The van der Waals surface area contributed by atoms with Gasteiger partial charge in [0.2, 0.25) is 5.91 Å². The average molecular weight is 324 g/mol. The van der Waals surface area contributed by atoms with E-state index < -0.39 is 6.04 Å². The Balaban J connectivity index is 1.95. The third-order valence-electron chi connectivity index (χ3n) is 4.53. The molecular formula is C17H26ClN3O. The lowest BCUT2D eigenvalue weighted by atomic mass is 10.0. The fraction of sp³-hybridized carbons (Fsp3) is 0.588. The van der Waals surface area contributed by atoms with E-state index in [0.717, 1.165) is 36.8 Å². The fourth-order valence-electron chi connectivity index (χ4n) is 2.84. The van der Waals surface area contributed by atoms with Gasteiger partial charge in [-0.15, -0.1) is 0 Å². The summed E-state index contributed by atoms with van der Waals surface area (Å²) in [6.45, 7) is 9.29. The summed E-state index contributed by atoms with van der Waals surface area (Å²) in [6.07, 6.45) is 0. The Morgan fingerprint density at radius 3 is 2.27 bits per heavy atom. The number of nitrogens with two attached hydrogens (primary N) is 1. The number of amides is 1. The minimum absolute atomic E-state index is 0.0695. The highest BCUT2D eigenvalue weighted by atomic mass is 35.5. The monoisotopic (exact) mass is 323 g/mol. The van der Waals surface area contributed by atoms with Gasteiger partial charge in [0.1, 0.15) is 0 Å². The molecule has 0 radical (unpaired) electrons. The van der Waals surface area contributed by atoms with Gasteiger partial charge in [-0.25, -0.2) is 0 Å². The van der Waals surface area contributed by atoms with Gasteiger partial charge in [0.25, 0.3) is 0 Å². The third-order valence-corrected chi connectivity index (χ3v) is 4.88. The van der Waals surface area contributed by atoms with Gasteiger partial charge < -0.3 is 10.6 Å². The van der Waals surface area contributed by atoms with E-state index in [1.54, 1.807) is 0 Å². The summed E-state index contributed by atoms with van der Waals surface area (Å²) in [5, 5.41) is 0.801. The molecule has 1 fully saturated rings. The highest BCUT2D eigenvalue weighted by Gasteiger charge is 2.29. The summed E-state index contributed by atoms with van der Waals surface area (Å²) in [5.74, 6) is 0.243. The second-order valence-corrected chi connectivity index (χ2v) is 6.74. The van der Waals surface area contributed by atoms with Crippen molar-refractivity contribution in [1.82, 2.24) is 9.80 Å². The second kappa shape index (κ2) is 7.44. The standard InChI is InChI=1S/C17H26ClN3O/c1-12(2)16(19)17(22)21-10-8-20(9-11-21)13(3)14-6-4-5-7-15(14)18/h4-7,12-13,16H,8-11,19H2,1-3H3/t13?,16-/m0/s1. The fourth-order valence-corrected chi connectivity index (χ4v) is 3.13. The highest BCUT2D eigenvalue weighted by molar-refractivity contribution is 6.31. The summed E-state index contributed by atoms with van der Waals surface area (Å²) in [4.78, 5) is 16.6. The first-order valence-electron chi connectivity index (χ1n) is 7.94. The van der Waals surface area contributed by atoms with Crippen LogP contribution in [0.2, 0.25) is 5.02 Å². The lowest BCUT2D eigenvalue weighted by Crippen LogP contribution is -2.54. The summed E-state index contributed by atoms with van der Waals surface area (Å²) in [7, 11) is 0. The first-order valence-corrected chi connectivity index (χ1v) is 8.32. The van der Waals surface area contributed by atoms with Gasteiger partial charge in [0, 0.05) is 37.2 Å². The molecule has 5 heteroatoms. The van der Waals surface area contributed by atoms with Gasteiger partial charge in [0.15, 0.2) is 0 Å². The van der Waals surface area contributed by atoms with Gasteiger partial charge in [0.05, 0.1) is 6.04 Å². The number of carbonyl (C=O) groups is 1. The smallest absolute Gasteiger partial charge is 0.239 e. The SMILES string of the molecule is CC(C)[C@H](N)C(=O)N1CCN(C(C)c2ccccc2Cl)CC1. The molecule has 2 N–H and O–H groups in total. The van der Waals surface area contributed by atoms with E-state index in [9.17, 15) is 4.79 Å². The van der Waals surface area contributed by atoms with Gasteiger partial charge in [-0.3, -0.25) is 9.69 Å². The number of piperazine rings is 1. The molecule has 1 saturated heterocycles. The zero-order valence-corrected chi connectivity index (χ0v) is 14.4.